The number of hydrazone groups is 1. The zero-order chi connectivity index (χ0) is 21.5. The highest BCUT2D eigenvalue weighted by molar-refractivity contribution is 5.89. The van der Waals surface area contributed by atoms with Gasteiger partial charge in [-0.1, -0.05) is 18.2 Å². The first-order valence-corrected chi connectivity index (χ1v) is 9.45. The van der Waals surface area contributed by atoms with Crippen LogP contribution in [0.1, 0.15) is 5.56 Å². The number of hydrogen-bond acceptors (Lipinski definition) is 5. The van der Waals surface area contributed by atoms with E-state index in [9.17, 15) is 9.18 Å². The molecule has 4 rings (SSSR count). The van der Waals surface area contributed by atoms with Crippen LogP contribution in [0.25, 0.3) is 16.9 Å². The summed E-state index contributed by atoms with van der Waals surface area (Å²) < 4.78 is 20.0. The molecule has 0 saturated heterocycles. The minimum atomic E-state index is -0.443. The highest BCUT2D eigenvalue weighted by atomic mass is 19.1. The SMILES string of the molecule is O=C(COc1ccc(F)cc1)N/N=C\c1cn(-c2ccccc2)nc1-c1ccncc1. The second kappa shape index (κ2) is 9.45. The first kappa shape index (κ1) is 20.0. The van der Waals surface area contributed by atoms with E-state index in [1.54, 1.807) is 17.1 Å². The Bertz CT molecular complexity index is 1180. The van der Waals surface area contributed by atoms with Crippen LogP contribution in [-0.2, 0) is 4.79 Å². The van der Waals surface area contributed by atoms with E-state index in [2.05, 4.69) is 20.6 Å². The maximum atomic E-state index is 12.9. The van der Waals surface area contributed by atoms with Crippen LogP contribution < -0.4 is 10.2 Å². The van der Waals surface area contributed by atoms with Crippen molar-refractivity contribution in [3.05, 3.63) is 96.7 Å². The Morgan fingerprint density at radius 3 is 2.55 bits per heavy atom. The first-order valence-electron chi connectivity index (χ1n) is 9.45. The van der Waals surface area contributed by atoms with Crippen LogP contribution in [0.15, 0.2) is 90.4 Å². The number of halogens is 1. The predicted molar refractivity (Wildman–Crippen MR) is 114 cm³/mol. The molecule has 0 aliphatic heterocycles. The van der Waals surface area contributed by atoms with Crippen LogP contribution in [0.3, 0.4) is 0 Å². The minimum Gasteiger partial charge on any atom is -0.484 e. The summed E-state index contributed by atoms with van der Waals surface area (Å²) in [6.07, 6.45) is 6.73. The fourth-order valence-electron chi connectivity index (χ4n) is 2.81. The summed E-state index contributed by atoms with van der Waals surface area (Å²) >= 11 is 0. The molecule has 0 aliphatic rings. The number of rotatable bonds is 7. The number of pyridine rings is 1. The van der Waals surface area contributed by atoms with Crippen molar-refractivity contribution >= 4 is 12.1 Å². The Labute approximate surface area is 177 Å². The molecule has 4 aromatic rings. The Balaban J connectivity index is 1.47. The molecule has 2 aromatic carbocycles. The van der Waals surface area contributed by atoms with Crippen molar-refractivity contribution in [3.63, 3.8) is 0 Å². The lowest BCUT2D eigenvalue weighted by atomic mass is 10.1. The van der Waals surface area contributed by atoms with Crippen molar-refractivity contribution in [2.75, 3.05) is 6.61 Å². The van der Waals surface area contributed by atoms with E-state index in [1.165, 1.54) is 30.5 Å². The Morgan fingerprint density at radius 1 is 1.06 bits per heavy atom. The minimum absolute atomic E-state index is 0.247. The Morgan fingerprint density at radius 2 is 1.81 bits per heavy atom. The number of ether oxygens (including phenoxy) is 1. The number of carbonyl (C=O) groups is 1. The van der Waals surface area contributed by atoms with Gasteiger partial charge >= 0.3 is 0 Å². The van der Waals surface area contributed by atoms with Gasteiger partial charge < -0.3 is 4.74 Å². The van der Waals surface area contributed by atoms with Gasteiger partial charge in [-0.2, -0.15) is 10.2 Å². The van der Waals surface area contributed by atoms with Crippen molar-refractivity contribution in [1.82, 2.24) is 20.2 Å². The molecule has 1 N–H and O–H groups in total. The third-order valence-corrected chi connectivity index (χ3v) is 4.29. The average Bonchev–Trinajstić information content (AvgIpc) is 3.24. The third-order valence-electron chi connectivity index (χ3n) is 4.29. The summed E-state index contributed by atoms with van der Waals surface area (Å²) in [6, 6.07) is 18.8. The van der Waals surface area contributed by atoms with E-state index in [4.69, 9.17) is 4.74 Å². The van der Waals surface area contributed by atoms with Gasteiger partial charge in [-0.15, -0.1) is 0 Å². The normalized spacial score (nSPS) is 10.9. The number of benzene rings is 2. The molecule has 1 amide bonds. The molecule has 0 spiro atoms. The number of para-hydroxylation sites is 1. The molecule has 0 radical (unpaired) electrons. The average molecular weight is 415 g/mol. The number of nitrogens with zero attached hydrogens (tertiary/aromatic N) is 4. The van der Waals surface area contributed by atoms with E-state index in [-0.39, 0.29) is 12.4 Å². The van der Waals surface area contributed by atoms with Gasteiger partial charge in [0.15, 0.2) is 6.61 Å². The molecule has 2 heterocycles. The van der Waals surface area contributed by atoms with Crippen molar-refractivity contribution in [3.8, 4) is 22.7 Å². The van der Waals surface area contributed by atoms with E-state index in [0.717, 1.165) is 16.8 Å². The standard InChI is InChI=1S/C23H18FN5O2/c24-19-6-8-21(9-7-19)31-16-22(30)27-26-14-18-15-29(20-4-2-1-3-5-20)28-23(18)17-10-12-25-13-11-17/h1-15H,16H2,(H,27,30)/b26-14-. The summed E-state index contributed by atoms with van der Waals surface area (Å²) in [5, 5.41) is 8.69. The maximum Gasteiger partial charge on any atom is 0.277 e. The lowest BCUT2D eigenvalue weighted by molar-refractivity contribution is -0.123. The predicted octanol–water partition coefficient (Wildman–Crippen LogP) is 3.60. The summed E-state index contributed by atoms with van der Waals surface area (Å²) in [4.78, 5) is 16.0. The molecule has 8 heteroatoms. The van der Waals surface area contributed by atoms with Crippen LogP contribution >= 0.6 is 0 Å². The zero-order valence-corrected chi connectivity index (χ0v) is 16.4. The maximum absolute atomic E-state index is 12.9. The van der Waals surface area contributed by atoms with Crippen LogP contribution in [0.4, 0.5) is 4.39 Å². The Hall–Kier alpha value is -4.33. The summed E-state index contributed by atoms with van der Waals surface area (Å²) in [5.74, 6) is -0.423. The van der Waals surface area contributed by atoms with Gasteiger partial charge in [0.05, 0.1) is 11.9 Å². The highest BCUT2D eigenvalue weighted by Crippen LogP contribution is 2.22. The molecule has 0 unspecified atom stereocenters. The largest absolute Gasteiger partial charge is 0.484 e. The fraction of sp³-hybridized carbons (Fsp3) is 0.0435. The van der Waals surface area contributed by atoms with Gasteiger partial charge in [0.2, 0.25) is 0 Å². The smallest absolute Gasteiger partial charge is 0.277 e. The molecule has 31 heavy (non-hydrogen) atoms. The van der Waals surface area contributed by atoms with Crippen molar-refractivity contribution in [2.45, 2.75) is 0 Å². The number of carbonyl (C=O) groups excluding carboxylic acids is 1. The zero-order valence-electron chi connectivity index (χ0n) is 16.4. The van der Waals surface area contributed by atoms with Gasteiger partial charge in [-0.05, 0) is 48.5 Å². The van der Waals surface area contributed by atoms with E-state index in [0.29, 0.717) is 11.4 Å². The number of hydrogen-bond donors (Lipinski definition) is 1. The van der Waals surface area contributed by atoms with E-state index >= 15 is 0 Å². The molecule has 7 nitrogen and oxygen atoms in total. The van der Waals surface area contributed by atoms with Crippen LogP contribution in [0.5, 0.6) is 5.75 Å². The lowest BCUT2D eigenvalue weighted by Gasteiger charge is -2.04. The van der Waals surface area contributed by atoms with E-state index < -0.39 is 5.91 Å². The fourth-order valence-corrected chi connectivity index (χ4v) is 2.81. The van der Waals surface area contributed by atoms with Gasteiger partial charge in [0.1, 0.15) is 17.3 Å². The van der Waals surface area contributed by atoms with Crippen LogP contribution in [0, 0.1) is 5.82 Å². The van der Waals surface area contributed by atoms with E-state index in [1.807, 2.05) is 48.7 Å². The molecular formula is C23H18FN5O2. The molecule has 154 valence electrons. The third kappa shape index (κ3) is 5.18. The molecule has 2 aromatic heterocycles. The van der Waals surface area contributed by atoms with Crippen molar-refractivity contribution in [2.24, 2.45) is 5.10 Å². The first-order chi connectivity index (χ1) is 15.2. The van der Waals surface area contributed by atoms with Crippen molar-refractivity contribution < 1.29 is 13.9 Å². The number of aromatic nitrogens is 3. The molecule has 0 bridgehead atoms. The lowest BCUT2D eigenvalue weighted by Crippen LogP contribution is -2.24. The second-order valence-electron chi connectivity index (χ2n) is 6.48. The van der Waals surface area contributed by atoms with Gasteiger partial charge in [-0.25, -0.2) is 14.5 Å². The Kier molecular flexibility index (Phi) is 6.08. The number of amides is 1. The van der Waals surface area contributed by atoms with Crippen LogP contribution in [-0.4, -0.2) is 33.5 Å². The molecule has 0 aliphatic carbocycles. The van der Waals surface area contributed by atoms with Crippen molar-refractivity contribution in [1.29, 1.82) is 0 Å². The molecular weight excluding hydrogens is 397 g/mol. The van der Waals surface area contributed by atoms with Gasteiger partial charge in [-0.3, -0.25) is 9.78 Å². The molecule has 0 saturated carbocycles. The van der Waals surface area contributed by atoms with Gasteiger partial charge in [0, 0.05) is 29.7 Å². The highest BCUT2D eigenvalue weighted by Gasteiger charge is 2.11. The second-order valence-corrected chi connectivity index (χ2v) is 6.48. The summed E-state index contributed by atoms with van der Waals surface area (Å²) in [7, 11) is 0. The van der Waals surface area contributed by atoms with Gasteiger partial charge in [0.25, 0.3) is 5.91 Å². The molecule has 0 atom stereocenters. The monoisotopic (exact) mass is 415 g/mol. The summed E-state index contributed by atoms with van der Waals surface area (Å²) in [5.41, 5.74) is 5.61. The topological polar surface area (TPSA) is 81.4 Å². The quantitative estimate of drug-likeness (QED) is 0.369. The molecule has 0 fully saturated rings. The number of nitrogens with one attached hydrogen (secondary N) is 1. The van der Waals surface area contributed by atoms with Crippen LogP contribution in [0.2, 0.25) is 0 Å². The summed E-state index contributed by atoms with van der Waals surface area (Å²) in [6.45, 7) is -0.247.